The molecule has 2 heterocycles. The third kappa shape index (κ3) is 4.44. The van der Waals surface area contributed by atoms with Crippen LogP contribution < -0.4 is 5.32 Å². The number of amides is 2. The Hall–Kier alpha value is -2.11. The summed E-state index contributed by atoms with van der Waals surface area (Å²) in [6, 6.07) is 3.43. The average molecular weight is 291 g/mol. The van der Waals surface area contributed by atoms with Crippen LogP contribution in [0, 0.1) is 6.92 Å². The molecule has 114 valence electrons. The van der Waals surface area contributed by atoms with E-state index in [9.17, 15) is 9.59 Å². The molecule has 2 rings (SSSR count). The van der Waals surface area contributed by atoms with Gasteiger partial charge >= 0.3 is 12.0 Å². The summed E-state index contributed by atoms with van der Waals surface area (Å²) in [6.45, 7) is 2.94. The molecular weight excluding hydrogens is 270 g/mol. The highest BCUT2D eigenvalue weighted by Gasteiger charge is 2.28. The highest BCUT2D eigenvalue weighted by atomic mass is 16.4. The van der Waals surface area contributed by atoms with E-state index in [0.717, 1.165) is 30.5 Å². The molecule has 1 fully saturated rings. The Labute approximate surface area is 124 Å². The lowest BCUT2D eigenvalue weighted by Gasteiger charge is -2.34. The van der Waals surface area contributed by atoms with Gasteiger partial charge in [-0.15, -0.1) is 0 Å². The van der Waals surface area contributed by atoms with Gasteiger partial charge in [0.2, 0.25) is 0 Å². The molecule has 1 saturated heterocycles. The van der Waals surface area contributed by atoms with Crippen molar-refractivity contribution in [3.8, 4) is 0 Å². The lowest BCUT2D eigenvalue weighted by Crippen LogP contribution is -2.49. The number of hydrogen-bond donors (Lipinski definition) is 2. The van der Waals surface area contributed by atoms with Crippen molar-refractivity contribution < 1.29 is 14.7 Å². The third-order valence-electron chi connectivity index (χ3n) is 3.71. The van der Waals surface area contributed by atoms with Crippen LogP contribution in [-0.4, -0.2) is 39.6 Å². The average Bonchev–Trinajstić information content (AvgIpc) is 2.46. The maximum atomic E-state index is 12.2. The molecule has 1 unspecified atom stereocenters. The zero-order chi connectivity index (χ0) is 15.2. The lowest BCUT2D eigenvalue weighted by molar-refractivity contribution is -0.138. The maximum Gasteiger partial charge on any atom is 0.317 e. The van der Waals surface area contributed by atoms with Crippen molar-refractivity contribution in [1.29, 1.82) is 0 Å². The minimum atomic E-state index is -0.859. The van der Waals surface area contributed by atoms with Crippen LogP contribution >= 0.6 is 0 Å². The van der Waals surface area contributed by atoms with Crippen molar-refractivity contribution in [3.05, 3.63) is 29.6 Å². The molecule has 1 aromatic rings. The topological polar surface area (TPSA) is 82.5 Å². The molecule has 0 saturated carbocycles. The SMILES string of the molecule is Cc1ccc(CNC(=O)N2CCCCC2CC(=O)O)cn1. The quantitative estimate of drug-likeness (QED) is 0.888. The number of aryl methyl sites for hydroxylation is 1. The van der Waals surface area contributed by atoms with Gasteiger partial charge in [0.05, 0.1) is 6.42 Å². The molecule has 2 amide bonds. The van der Waals surface area contributed by atoms with Gasteiger partial charge in [0.1, 0.15) is 0 Å². The molecule has 0 spiro atoms. The van der Waals surface area contributed by atoms with Crippen LogP contribution in [0.3, 0.4) is 0 Å². The van der Waals surface area contributed by atoms with Gasteiger partial charge in [-0.2, -0.15) is 0 Å². The van der Waals surface area contributed by atoms with E-state index in [1.165, 1.54) is 0 Å². The first-order chi connectivity index (χ1) is 10.1. The maximum absolute atomic E-state index is 12.2. The Morgan fingerprint density at radius 2 is 2.24 bits per heavy atom. The van der Waals surface area contributed by atoms with Crippen LogP contribution in [0.15, 0.2) is 18.3 Å². The van der Waals surface area contributed by atoms with Crippen LogP contribution in [0.2, 0.25) is 0 Å². The molecule has 0 aliphatic carbocycles. The van der Waals surface area contributed by atoms with E-state index in [0.29, 0.717) is 13.1 Å². The minimum absolute atomic E-state index is 0.0134. The van der Waals surface area contributed by atoms with Gasteiger partial charge < -0.3 is 15.3 Å². The first-order valence-electron chi connectivity index (χ1n) is 7.24. The third-order valence-corrected chi connectivity index (χ3v) is 3.71. The first kappa shape index (κ1) is 15.3. The Kier molecular flexibility index (Phi) is 5.14. The summed E-state index contributed by atoms with van der Waals surface area (Å²) < 4.78 is 0. The largest absolute Gasteiger partial charge is 0.481 e. The van der Waals surface area contributed by atoms with Crippen LogP contribution in [-0.2, 0) is 11.3 Å². The van der Waals surface area contributed by atoms with E-state index >= 15 is 0 Å². The summed E-state index contributed by atoms with van der Waals surface area (Å²) in [5.41, 5.74) is 1.86. The number of carbonyl (C=O) groups excluding carboxylic acids is 1. The Morgan fingerprint density at radius 3 is 2.90 bits per heavy atom. The van der Waals surface area contributed by atoms with E-state index in [1.54, 1.807) is 11.1 Å². The van der Waals surface area contributed by atoms with Gasteiger partial charge in [0.25, 0.3) is 0 Å². The number of nitrogens with zero attached hydrogens (tertiary/aromatic N) is 2. The van der Waals surface area contributed by atoms with Gasteiger partial charge in [-0.05, 0) is 37.8 Å². The number of piperidine rings is 1. The second-order valence-corrected chi connectivity index (χ2v) is 5.41. The molecular formula is C15H21N3O3. The Morgan fingerprint density at radius 1 is 1.43 bits per heavy atom. The van der Waals surface area contributed by atoms with E-state index in [4.69, 9.17) is 5.11 Å². The summed E-state index contributed by atoms with van der Waals surface area (Å²) in [6.07, 6.45) is 4.41. The number of aromatic nitrogens is 1. The number of urea groups is 1. The molecule has 2 N–H and O–H groups in total. The lowest BCUT2D eigenvalue weighted by atomic mass is 10.00. The molecule has 1 aromatic heterocycles. The van der Waals surface area contributed by atoms with Gasteiger partial charge in [0.15, 0.2) is 0 Å². The molecule has 0 aromatic carbocycles. The van der Waals surface area contributed by atoms with Crippen molar-refractivity contribution in [2.24, 2.45) is 0 Å². The summed E-state index contributed by atoms with van der Waals surface area (Å²) in [7, 11) is 0. The number of nitrogens with one attached hydrogen (secondary N) is 1. The highest BCUT2D eigenvalue weighted by Crippen LogP contribution is 2.19. The zero-order valence-corrected chi connectivity index (χ0v) is 12.2. The van der Waals surface area contributed by atoms with E-state index in [1.807, 2.05) is 19.1 Å². The van der Waals surface area contributed by atoms with Crippen LogP contribution in [0.4, 0.5) is 4.79 Å². The number of carboxylic acid groups (broad SMARTS) is 1. The molecule has 6 nitrogen and oxygen atoms in total. The van der Waals surface area contributed by atoms with Crippen LogP contribution in [0.1, 0.15) is 36.9 Å². The normalized spacial score (nSPS) is 18.3. The minimum Gasteiger partial charge on any atom is -0.481 e. The predicted molar refractivity (Wildman–Crippen MR) is 77.8 cm³/mol. The molecule has 6 heteroatoms. The molecule has 0 radical (unpaired) electrons. The fourth-order valence-electron chi connectivity index (χ4n) is 2.56. The smallest absolute Gasteiger partial charge is 0.317 e. The van der Waals surface area contributed by atoms with Gasteiger partial charge in [0, 0.05) is 31.0 Å². The standard InChI is InChI=1S/C15H21N3O3/c1-11-5-6-12(9-16-11)10-17-15(21)18-7-3-2-4-13(18)8-14(19)20/h5-6,9,13H,2-4,7-8,10H2,1H3,(H,17,21)(H,19,20). The predicted octanol–water partition coefficient (Wildman–Crippen LogP) is 1.93. The summed E-state index contributed by atoms with van der Waals surface area (Å²) in [4.78, 5) is 28.9. The zero-order valence-electron chi connectivity index (χ0n) is 12.2. The fraction of sp³-hybridized carbons (Fsp3) is 0.533. The molecule has 1 atom stereocenters. The number of rotatable bonds is 4. The number of likely N-dealkylation sites (tertiary alicyclic amines) is 1. The van der Waals surface area contributed by atoms with Gasteiger partial charge in [-0.1, -0.05) is 6.07 Å². The van der Waals surface area contributed by atoms with Gasteiger partial charge in [-0.3, -0.25) is 9.78 Å². The summed E-state index contributed by atoms with van der Waals surface area (Å²) in [5, 5.41) is 11.8. The van der Waals surface area contributed by atoms with Crippen molar-refractivity contribution in [2.75, 3.05) is 6.54 Å². The number of pyridine rings is 1. The number of carboxylic acids is 1. The Bertz CT molecular complexity index is 501. The van der Waals surface area contributed by atoms with Crippen molar-refractivity contribution in [3.63, 3.8) is 0 Å². The molecule has 1 aliphatic rings. The summed E-state index contributed by atoms with van der Waals surface area (Å²) >= 11 is 0. The van der Waals surface area contributed by atoms with E-state index < -0.39 is 5.97 Å². The monoisotopic (exact) mass is 291 g/mol. The van der Waals surface area contributed by atoms with Crippen molar-refractivity contribution >= 4 is 12.0 Å². The molecule has 1 aliphatic heterocycles. The van der Waals surface area contributed by atoms with Crippen molar-refractivity contribution in [2.45, 2.75) is 45.2 Å². The van der Waals surface area contributed by atoms with E-state index in [-0.39, 0.29) is 18.5 Å². The van der Waals surface area contributed by atoms with Crippen LogP contribution in [0.25, 0.3) is 0 Å². The molecule has 21 heavy (non-hydrogen) atoms. The Balaban J connectivity index is 1.91. The number of carbonyl (C=O) groups is 2. The van der Waals surface area contributed by atoms with Crippen molar-refractivity contribution in [1.82, 2.24) is 15.2 Å². The van der Waals surface area contributed by atoms with E-state index in [2.05, 4.69) is 10.3 Å². The highest BCUT2D eigenvalue weighted by molar-refractivity contribution is 5.76. The number of aliphatic carboxylic acids is 1. The van der Waals surface area contributed by atoms with Gasteiger partial charge in [-0.25, -0.2) is 4.79 Å². The fourth-order valence-corrected chi connectivity index (χ4v) is 2.56. The molecule has 0 bridgehead atoms. The number of hydrogen-bond acceptors (Lipinski definition) is 3. The second kappa shape index (κ2) is 7.06. The van der Waals surface area contributed by atoms with Crippen LogP contribution in [0.5, 0.6) is 0 Å². The summed E-state index contributed by atoms with van der Waals surface area (Å²) in [5.74, 6) is -0.859. The second-order valence-electron chi connectivity index (χ2n) is 5.41. The first-order valence-corrected chi connectivity index (χ1v) is 7.24.